The maximum Gasteiger partial charge on any atom is 0.338 e. The maximum absolute atomic E-state index is 12.1. The quantitative estimate of drug-likeness (QED) is 0.516. The van der Waals surface area contributed by atoms with Crippen molar-refractivity contribution in [2.75, 3.05) is 6.61 Å². The van der Waals surface area contributed by atoms with E-state index in [-0.39, 0.29) is 12.6 Å². The van der Waals surface area contributed by atoms with E-state index in [9.17, 15) is 9.59 Å². The van der Waals surface area contributed by atoms with Crippen molar-refractivity contribution in [3.05, 3.63) is 70.8 Å². The average molecular weight is 340 g/mol. The molecule has 132 valence electrons. The third-order valence-corrected chi connectivity index (χ3v) is 3.79. The summed E-state index contributed by atoms with van der Waals surface area (Å²) in [6.45, 7) is 4.73. The number of esters is 2. The number of rotatable bonds is 8. The molecule has 0 N–H and O–H groups in total. The summed E-state index contributed by atoms with van der Waals surface area (Å²) >= 11 is 0. The standard InChI is InChI=1S/C21H24O4/c1-3-4-5-13-24-20(22)18-9-11-19(12-10-18)21(23)25-15-17-8-6-7-16(2)14-17/h6-12,14H,3-5,13,15H2,1-2H3. The summed E-state index contributed by atoms with van der Waals surface area (Å²) in [6.07, 6.45) is 2.99. The van der Waals surface area contributed by atoms with Crippen molar-refractivity contribution in [3.8, 4) is 0 Å². The van der Waals surface area contributed by atoms with E-state index >= 15 is 0 Å². The lowest BCUT2D eigenvalue weighted by Gasteiger charge is -2.07. The third-order valence-electron chi connectivity index (χ3n) is 3.79. The van der Waals surface area contributed by atoms with Gasteiger partial charge in [-0.2, -0.15) is 0 Å². The summed E-state index contributed by atoms with van der Waals surface area (Å²) in [7, 11) is 0. The molecule has 0 aliphatic rings. The van der Waals surface area contributed by atoms with Crippen molar-refractivity contribution in [1.82, 2.24) is 0 Å². The Hall–Kier alpha value is -2.62. The SMILES string of the molecule is CCCCCOC(=O)c1ccc(C(=O)OCc2cccc(C)c2)cc1. The Balaban J connectivity index is 1.86. The van der Waals surface area contributed by atoms with Crippen LogP contribution in [-0.2, 0) is 16.1 Å². The fourth-order valence-corrected chi connectivity index (χ4v) is 2.38. The predicted octanol–water partition coefficient (Wildman–Crippen LogP) is 4.70. The van der Waals surface area contributed by atoms with Crippen molar-refractivity contribution < 1.29 is 19.1 Å². The number of benzene rings is 2. The Morgan fingerprint density at radius 1 is 0.880 bits per heavy atom. The van der Waals surface area contributed by atoms with Gasteiger partial charge in [0.25, 0.3) is 0 Å². The van der Waals surface area contributed by atoms with Gasteiger partial charge in [0.2, 0.25) is 0 Å². The molecule has 4 heteroatoms. The molecule has 0 radical (unpaired) electrons. The van der Waals surface area contributed by atoms with Crippen LogP contribution in [0.4, 0.5) is 0 Å². The Morgan fingerprint density at radius 3 is 2.12 bits per heavy atom. The molecule has 0 fully saturated rings. The van der Waals surface area contributed by atoms with Crippen molar-refractivity contribution in [2.24, 2.45) is 0 Å². The molecule has 25 heavy (non-hydrogen) atoms. The lowest BCUT2D eigenvalue weighted by Crippen LogP contribution is -2.08. The average Bonchev–Trinajstić information content (AvgIpc) is 2.63. The normalized spacial score (nSPS) is 10.3. The minimum absolute atomic E-state index is 0.224. The molecule has 0 amide bonds. The number of ether oxygens (including phenoxy) is 2. The number of hydrogen-bond donors (Lipinski definition) is 0. The van der Waals surface area contributed by atoms with Crippen LogP contribution in [0, 0.1) is 6.92 Å². The number of hydrogen-bond acceptors (Lipinski definition) is 4. The Bertz CT molecular complexity index is 704. The highest BCUT2D eigenvalue weighted by molar-refractivity contribution is 5.93. The molecule has 0 aromatic heterocycles. The molecule has 2 rings (SSSR count). The zero-order valence-electron chi connectivity index (χ0n) is 14.8. The second-order valence-corrected chi connectivity index (χ2v) is 5.99. The summed E-state index contributed by atoms with van der Waals surface area (Å²) < 4.78 is 10.5. The highest BCUT2D eigenvalue weighted by Crippen LogP contribution is 2.11. The molecule has 2 aromatic rings. The molecule has 0 atom stereocenters. The molecule has 4 nitrogen and oxygen atoms in total. The predicted molar refractivity (Wildman–Crippen MR) is 96.5 cm³/mol. The molecule has 0 spiro atoms. The lowest BCUT2D eigenvalue weighted by molar-refractivity contribution is 0.0466. The molecule has 0 aliphatic heterocycles. The van der Waals surface area contributed by atoms with Crippen molar-refractivity contribution >= 4 is 11.9 Å². The smallest absolute Gasteiger partial charge is 0.338 e. The van der Waals surface area contributed by atoms with Gasteiger partial charge < -0.3 is 9.47 Å². The molecule has 0 bridgehead atoms. The van der Waals surface area contributed by atoms with Gasteiger partial charge in [-0.05, 0) is 43.2 Å². The number of carbonyl (C=O) groups excluding carboxylic acids is 2. The summed E-state index contributed by atoms with van der Waals surface area (Å²) in [5.74, 6) is -0.778. The summed E-state index contributed by atoms with van der Waals surface area (Å²) in [4.78, 5) is 24.0. The Kier molecular flexibility index (Phi) is 7.20. The van der Waals surface area contributed by atoms with Gasteiger partial charge in [-0.25, -0.2) is 9.59 Å². The summed E-state index contributed by atoms with van der Waals surface area (Å²) in [5.41, 5.74) is 2.91. The molecular formula is C21H24O4. The zero-order chi connectivity index (χ0) is 18.1. The van der Waals surface area contributed by atoms with Gasteiger partial charge in [0.1, 0.15) is 6.61 Å². The van der Waals surface area contributed by atoms with Gasteiger partial charge >= 0.3 is 11.9 Å². The van der Waals surface area contributed by atoms with Crippen LogP contribution < -0.4 is 0 Å². The zero-order valence-corrected chi connectivity index (χ0v) is 14.8. The van der Waals surface area contributed by atoms with E-state index in [0.29, 0.717) is 17.7 Å². The van der Waals surface area contributed by atoms with E-state index in [4.69, 9.17) is 9.47 Å². The first kappa shape index (κ1) is 18.7. The van der Waals surface area contributed by atoms with Crippen LogP contribution >= 0.6 is 0 Å². The van der Waals surface area contributed by atoms with E-state index < -0.39 is 5.97 Å². The largest absolute Gasteiger partial charge is 0.462 e. The highest BCUT2D eigenvalue weighted by Gasteiger charge is 2.11. The molecule has 2 aromatic carbocycles. The molecule has 0 heterocycles. The van der Waals surface area contributed by atoms with Crippen LogP contribution in [0.5, 0.6) is 0 Å². The minimum atomic E-state index is -0.413. The topological polar surface area (TPSA) is 52.6 Å². The second-order valence-electron chi connectivity index (χ2n) is 5.99. The molecule has 0 aliphatic carbocycles. The van der Waals surface area contributed by atoms with E-state index in [1.807, 2.05) is 31.2 Å². The maximum atomic E-state index is 12.1. The minimum Gasteiger partial charge on any atom is -0.462 e. The fraction of sp³-hybridized carbons (Fsp3) is 0.333. The van der Waals surface area contributed by atoms with Gasteiger partial charge in [-0.15, -0.1) is 0 Å². The third kappa shape index (κ3) is 6.07. The van der Waals surface area contributed by atoms with Crippen LogP contribution in [-0.4, -0.2) is 18.5 Å². The molecule has 0 saturated heterocycles. The first-order valence-electron chi connectivity index (χ1n) is 8.60. The van der Waals surface area contributed by atoms with Crippen molar-refractivity contribution in [2.45, 2.75) is 39.7 Å². The van der Waals surface area contributed by atoms with Crippen LogP contribution in [0.1, 0.15) is 58.0 Å². The van der Waals surface area contributed by atoms with Crippen molar-refractivity contribution in [3.63, 3.8) is 0 Å². The monoisotopic (exact) mass is 340 g/mol. The Labute approximate surface area is 148 Å². The van der Waals surface area contributed by atoms with Gasteiger partial charge in [-0.3, -0.25) is 0 Å². The van der Waals surface area contributed by atoms with E-state index in [0.717, 1.165) is 30.4 Å². The Morgan fingerprint density at radius 2 is 1.52 bits per heavy atom. The lowest BCUT2D eigenvalue weighted by atomic mass is 10.1. The molecule has 0 unspecified atom stereocenters. The van der Waals surface area contributed by atoms with Crippen molar-refractivity contribution in [1.29, 1.82) is 0 Å². The summed E-state index contributed by atoms with van der Waals surface area (Å²) in [5, 5.41) is 0. The van der Waals surface area contributed by atoms with E-state index in [2.05, 4.69) is 6.92 Å². The fourth-order valence-electron chi connectivity index (χ4n) is 2.38. The number of unbranched alkanes of at least 4 members (excludes halogenated alkanes) is 2. The first-order valence-corrected chi connectivity index (χ1v) is 8.60. The van der Waals surface area contributed by atoms with Gasteiger partial charge in [0.15, 0.2) is 0 Å². The second kappa shape index (κ2) is 9.62. The van der Waals surface area contributed by atoms with Gasteiger partial charge in [-0.1, -0.05) is 49.6 Å². The van der Waals surface area contributed by atoms with E-state index in [1.54, 1.807) is 24.3 Å². The summed E-state index contributed by atoms with van der Waals surface area (Å²) in [6, 6.07) is 14.2. The number of carbonyl (C=O) groups is 2. The molecule has 0 saturated carbocycles. The van der Waals surface area contributed by atoms with E-state index in [1.165, 1.54) is 0 Å². The number of aryl methyl sites for hydroxylation is 1. The van der Waals surface area contributed by atoms with Crippen LogP contribution in [0.3, 0.4) is 0 Å². The van der Waals surface area contributed by atoms with Gasteiger partial charge in [0.05, 0.1) is 17.7 Å². The first-order chi connectivity index (χ1) is 12.1. The van der Waals surface area contributed by atoms with Crippen LogP contribution in [0.25, 0.3) is 0 Å². The van der Waals surface area contributed by atoms with Gasteiger partial charge in [0, 0.05) is 0 Å². The molecular weight excluding hydrogens is 316 g/mol. The van der Waals surface area contributed by atoms with Crippen LogP contribution in [0.2, 0.25) is 0 Å². The van der Waals surface area contributed by atoms with Crippen LogP contribution in [0.15, 0.2) is 48.5 Å². The highest BCUT2D eigenvalue weighted by atomic mass is 16.5.